The zero-order valence-electron chi connectivity index (χ0n) is 11.7. The highest BCUT2D eigenvalue weighted by atomic mass is 79.9. The largest absolute Gasteiger partial charge is 0.313 e. The van der Waals surface area contributed by atoms with Crippen molar-refractivity contribution in [3.8, 4) is 0 Å². The van der Waals surface area contributed by atoms with E-state index >= 15 is 0 Å². The Morgan fingerprint density at radius 1 is 1.11 bits per heavy atom. The van der Waals surface area contributed by atoms with Gasteiger partial charge in [-0.25, -0.2) is 0 Å². The average Bonchev–Trinajstić information content (AvgIpc) is 2.39. The first-order valence-electron chi connectivity index (χ1n) is 6.59. The van der Waals surface area contributed by atoms with Gasteiger partial charge in [0, 0.05) is 10.5 Å². The lowest BCUT2D eigenvalue weighted by molar-refractivity contribution is 0.588. The minimum absolute atomic E-state index is 0.330. The monoisotopic (exact) mass is 317 g/mol. The molecular weight excluding hydrogens is 298 g/mol. The van der Waals surface area contributed by atoms with Gasteiger partial charge in [0.1, 0.15) is 0 Å². The fraction of sp³-hybridized carbons (Fsp3) is 0.294. The van der Waals surface area contributed by atoms with Crippen LogP contribution in [-0.4, -0.2) is 7.05 Å². The van der Waals surface area contributed by atoms with Crippen molar-refractivity contribution in [2.24, 2.45) is 0 Å². The molecule has 0 saturated carbocycles. The van der Waals surface area contributed by atoms with Crippen LogP contribution in [0.5, 0.6) is 0 Å². The third kappa shape index (κ3) is 3.46. The van der Waals surface area contributed by atoms with Gasteiger partial charge >= 0.3 is 0 Å². The molecule has 0 fully saturated rings. The summed E-state index contributed by atoms with van der Waals surface area (Å²) >= 11 is 3.68. The van der Waals surface area contributed by atoms with Crippen LogP contribution in [0.2, 0.25) is 0 Å². The lowest BCUT2D eigenvalue weighted by Gasteiger charge is -2.19. The zero-order chi connectivity index (χ0) is 13.8. The summed E-state index contributed by atoms with van der Waals surface area (Å²) in [5, 5.41) is 3.42. The fourth-order valence-corrected chi connectivity index (χ4v) is 3.11. The van der Waals surface area contributed by atoms with Gasteiger partial charge in [0.2, 0.25) is 0 Å². The Balaban J connectivity index is 2.28. The van der Waals surface area contributed by atoms with Crippen LogP contribution >= 0.6 is 15.9 Å². The van der Waals surface area contributed by atoms with Crippen LogP contribution in [0, 0.1) is 13.8 Å². The number of aryl methyl sites for hydroxylation is 2. The molecule has 1 atom stereocenters. The lowest BCUT2D eigenvalue weighted by Crippen LogP contribution is -2.19. The van der Waals surface area contributed by atoms with Gasteiger partial charge in [-0.2, -0.15) is 0 Å². The van der Waals surface area contributed by atoms with Crippen LogP contribution < -0.4 is 5.32 Å². The van der Waals surface area contributed by atoms with Gasteiger partial charge in [-0.05, 0) is 55.6 Å². The van der Waals surface area contributed by atoms with E-state index in [9.17, 15) is 0 Å². The molecule has 2 heteroatoms. The number of hydrogen-bond acceptors (Lipinski definition) is 1. The van der Waals surface area contributed by atoms with Crippen molar-refractivity contribution in [3.05, 3.63) is 69.2 Å². The van der Waals surface area contributed by atoms with E-state index in [0.717, 1.165) is 6.42 Å². The predicted octanol–water partition coefficient (Wildman–Crippen LogP) is 4.57. The van der Waals surface area contributed by atoms with Crippen molar-refractivity contribution in [3.63, 3.8) is 0 Å². The second kappa shape index (κ2) is 6.36. The molecule has 2 rings (SSSR count). The van der Waals surface area contributed by atoms with E-state index in [1.807, 2.05) is 7.05 Å². The number of likely N-dealkylation sites (N-methyl/N-ethyl adjacent to an activating group) is 1. The summed E-state index contributed by atoms with van der Waals surface area (Å²) in [4.78, 5) is 0. The van der Waals surface area contributed by atoms with Crippen molar-refractivity contribution >= 4 is 15.9 Å². The van der Waals surface area contributed by atoms with Gasteiger partial charge in [0.05, 0.1) is 0 Å². The Labute approximate surface area is 124 Å². The smallest absolute Gasteiger partial charge is 0.0369 e. The van der Waals surface area contributed by atoms with E-state index in [1.165, 1.54) is 26.7 Å². The first-order valence-corrected chi connectivity index (χ1v) is 7.39. The standard InChI is InChI=1S/C17H20BrN/c1-12-8-9-15(16(18)10-12)17(19-3)11-14-7-5-4-6-13(14)2/h4-10,17,19H,11H2,1-3H3. The Morgan fingerprint density at radius 3 is 2.47 bits per heavy atom. The maximum absolute atomic E-state index is 3.68. The minimum Gasteiger partial charge on any atom is -0.313 e. The highest BCUT2D eigenvalue weighted by Gasteiger charge is 2.14. The van der Waals surface area contributed by atoms with Crippen molar-refractivity contribution in [2.75, 3.05) is 7.05 Å². The van der Waals surface area contributed by atoms with Crippen LogP contribution in [0.15, 0.2) is 46.9 Å². The summed E-state index contributed by atoms with van der Waals surface area (Å²) in [7, 11) is 2.02. The van der Waals surface area contributed by atoms with E-state index in [2.05, 4.69) is 77.6 Å². The number of halogens is 1. The van der Waals surface area contributed by atoms with E-state index in [-0.39, 0.29) is 0 Å². The Hall–Kier alpha value is -1.12. The summed E-state index contributed by atoms with van der Waals surface area (Å²) in [5.74, 6) is 0. The number of hydrogen-bond donors (Lipinski definition) is 1. The van der Waals surface area contributed by atoms with Gasteiger partial charge in [0.15, 0.2) is 0 Å². The van der Waals surface area contributed by atoms with Crippen LogP contribution in [0.3, 0.4) is 0 Å². The maximum atomic E-state index is 3.68. The van der Waals surface area contributed by atoms with Gasteiger partial charge < -0.3 is 5.32 Å². The lowest BCUT2D eigenvalue weighted by atomic mass is 9.96. The molecule has 0 amide bonds. The molecule has 0 aliphatic carbocycles. The number of rotatable bonds is 4. The molecule has 19 heavy (non-hydrogen) atoms. The molecule has 0 heterocycles. The average molecular weight is 318 g/mol. The van der Waals surface area contributed by atoms with Crippen molar-refractivity contribution in [1.82, 2.24) is 5.32 Å². The molecule has 0 bridgehead atoms. The summed E-state index contributed by atoms with van der Waals surface area (Å²) in [6.45, 7) is 4.29. The minimum atomic E-state index is 0.330. The molecule has 1 N–H and O–H groups in total. The van der Waals surface area contributed by atoms with Crippen molar-refractivity contribution in [1.29, 1.82) is 0 Å². The highest BCUT2D eigenvalue weighted by molar-refractivity contribution is 9.10. The Morgan fingerprint density at radius 2 is 1.84 bits per heavy atom. The summed E-state index contributed by atoms with van der Waals surface area (Å²) in [6, 6.07) is 15.5. The Kier molecular flexibility index (Phi) is 4.78. The normalized spacial score (nSPS) is 12.4. The first kappa shape index (κ1) is 14.3. The van der Waals surface area contributed by atoms with E-state index in [0.29, 0.717) is 6.04 Å². The molecule has 0 aliphatic heterocycles. The molecule has 0 radical (unpaired) electrons. The third-order valence-corrected chi connectivity index (χ3v) is 4.25. The zero-order valence-corrected chi connectivity index (χ0v) is 13.3. The highest BCUT2D eigenvalue weighted by Crippen LogP contribution is 2.27. The topological polar surface area (TPSA) is 12.0 Å². The quantitative estimate of drug-likeness (QED) is 0.871. The van der Waals surface area contributed by atoms with Crippen LogP contribution in [0.4, 0.5) is 0 Å². The third-order valence-electron chi connectivity index (χ3n) is 3.57. The van der Waals surface area contributed by atoms with Gasteiger partial charge in [-0.3, -0.25) is 0 Å². The predicted molar refractivity (Wildman–Crippen MR) is 85.6 cm³/mol. The Bertz CT molecular complexity index is 563. The number of benzene rings is 2. The number of nitrogens with one attached hydrogen (secondary N) is 1. The van der Waals surface area contributed by atoms with Gasteiger partial charge in [-0.15, -0.1) is 0 Å². The molecular formula is C17H20BrN. The molecule has 0 spiro atoms. The second-order valence-corrected chi connectivity index (χ2v) is 5.85. The van der Waals surface area contributed by atoms with Crippen LogP contribution in [0.1, 0.15) is 28.3 Å². The maximum Gasteiger partial charge on any atom is 0.0369 e. The van der Waals surface area contributed by atoms with Gasteiger partial charge in [0.25, 0.3) is 0 Å². The second-order valence-electron chi connectivity index (χ2n) is 5.00. The van der Waals surface area contributed by atoms with Crippen LogP contribution in [0.25, 0.3) is 0 Å². The molecule has 1 unspecified atom stereocenters. The molecule has 0 aliphatic rings. The fourth-order valence-electron chi connectivity index (χ4n) is 2.34. The molecule has 2 aromatic rings. The van der Waals surface area contributed by atoms with Crippen LogP contribution in [-0.2, 0) is 6.42 Å². The van der Waals surface area contributed by atoms with E-state index < -0.39 is 0 Å². The SMILES string of the molecule is CNC(Cc1ccccc1C)c1ccc(C)cc1Br. The molecule has 2 aromatic carbocycles. The van der Waals surface area contributed by atoms with Crippen molar-refractivity contribution in [2.45, 2.75) is 26.3 Å². The van der Waals surface area contributed by atoms with Crippen molar-refractivity contribution < 1.29 is 0 Å². The summed E-state index contributed by atoms with van der Waals surface area (Å²) < 4.78 is 1.18. The molecule has 0 aromatic heterocycles. The van der Waals surface area contributed by atoms with E-state index in [4.69, 9.17) is 0 Å². The molecule has 0 saturated heterocycles. The summed E-state index contributed by atoms with van der Waals surface area (Å²) in [5.41, 5.74) is 5.35. The van der Waals surface area contributed by atoms with Gasteiger partial charge in [-0.1, -0.05) is 52.3 Å². The first-order chi connectivity index (χ1) is 9.11. The molecule has 1 nitrogen and oxygen atoms in total. The molecule has 100 valence electrons. The van der Waals surface area contributed by atoms with E-state index in [1.54, 1.807) is 0 Å². The summed E-state index contributed by atoms with van der Waals surface area (Å²) in [6.07, 6.45) is 1.00.